The Kier molecular flexibility index (Phi) is 4.21. The Hall–Kier alpha value is -0.830. The molecule has 0 aromatic heterocycles. The smallest absolute Gasteiger partial charge is 0.223 e. The summed E-state index contributed by atoms with van der Waals surface area (Å²) in [5, 5.41) is 3.87. The second kappa shape index (κ2) is 5.67. The molecule has 3 heteroatoms. The molecule has 2 rings (SSSR count). The molecule has 1 aliphatic rings. The number of nitrogens with one attached hydrogen (secondary N) is 1. The molecule has 1 amide bonds. The largest absolute Gasteiger partial charge is 0.352 e. The van der Waals surface area contributed by atoms with Crippen LogP contribution in [-0.4, -0.2) is 5.91 Å². The van der Waals surface area contributed by atoms with Gasteiger partial charge < -0.3 is 5.32 Å². The first-order valence-corrected chi connectivity index (χ1v) is 7.24. The maximum Gasteiger partial charge on any atom is 0.223 e. The van der Waals surface area contributed by atoms with Crippen LogP contribution in [0.4, 0.5) is 0 Å². The van der Waals surface area contributed by atoms with E-state index in [2.05, 4.69) is 33.4 Å². The Morgan fingerprint density at radius 3 is 2.82 bits per heavy atom. The van der Waals surface area contributed by atoms with E-state index in [1.165, 1.54) is 24.0 Å². The van der Waals surface area contributed by atoms with Crippen LogP contribution in [0.1, 0.15) is 30.9 Å². The van der Waals surface area contributed by atoms with Crippen LogP contribution >= 0.6 is 15.9 Å². The van der Waals surface area contributed by atoms with Crippen LogP contribution in [0.15, 0.2) is 24.3 Å². The number of carbonyl (C=O) groups is 1. The minimum absolute atomic E-state index is 0.175. The lowest BCUT2D eigenvalue weighted by Crippen LogP contribution is -2.29. The number of amides is 1. The van der Waals surface area contributed by atoms with Gasteiger partial charge in [0.25, 0.3) is 0 Å². The van der Waals surface area contributed by atoms with Crippen molar-refractivity contribution < 1.29 is 4.79 Å². The fourth-order valence-electron chi connectivity index (χ4n) is 1.98. The van der Waals surface area contributed by atoms with Crippen LogP contribution in [0.25, 0.3) is 0 Å². The van der Waals surface area contributed by atoms with Gasteiger partial charge >= 0.3 is 0 Å². The normalized spacial score (nSPS) is 16.6. The van der Waals surface area contributed by atoms with Crippen LogP contribution in [0.2, 0.25) is 0 Å². The predicted molar refractivity (Wildman–Crippen MR) is 72.8 cm³/mol. The molecule has 0 saturated heterocycles. The first-order chi connectivity index (χ1) is 8.20. The monoisotopic (exact) mass is 295 g/mol. The predicted octanol–water partition coefficient (Wildman–Crippen LogP) is 3.24. The molecular formula is C14H18BrNO. The van der Waals surface area contributed by atoms with Gasteiger partial charge in [0.15, 0.2) is 0 Å². The Labute approximate surface area is 111 Å². The van der Waals surface area contributed by atoms with Crippen LogP contribution in [0.3, 0.4) is 0 Å². The van der Waals surface area contributed by atoms with E-state index < -0.39 is 0 Å². The molecule has 1 aromatic rings. The fourth-order valence-corrected chi connectivity index (χ4v) is 2.33. The minimum Gasteiger partial charge on any atom is -0.352 e. The Morgan fingerprint density at radius 2 is 2.18 bits per heavy atom. The zero-order valence-corrected chi connectivity index (χ0v) is 11.7. The van der Waals surface area contributed by atoms with Crippen molar-refractivity contribution in [1.82, 2.24) is 5.32 Å². The van der Waals surface area contributed by atoms with Gasteiger partial charge in [-0.3, -0.25) is 4.79 Å². The molecule has 1 unspecified atom stereocenters. The molecular weight excluding hydrogens is 278 g/mol. The van der Waals surface area contributed by atoms with E-state index in [0.717, 1.165) is 5.33 Å². The number of carbonyl (C=O) groups excluding carboxylic acids is 1. The number of halogens is 1. The van der Waals surface area contributed by atoms with Gasteiger partial charge in [0, 0.05) is 17.8 Å². The van der Waals surface area contributed by atoms with E-state index in [-0.39, 0.29) is 11.8 Å². The quantitative estimate of drug-likeness (QED) is 0.830. The van der Waals surface area contributed by atoms with Gasteiger partial charge in [0.05, 0.1) is 0 Å². The van der Waals surface area contributed by atoms with Crippen molar-refractivity contribution in [2.75, 3.05) is 0 Å². The summed E-state index contributed by atoms with van der Waals surface area (Å²) in [7, 11) is 0. The van der Waals surface area contributed by atoms with E-state index >= 15 is 0 Å². The summed E-state index contributed by atoms with van der Waals surface area (Å²) in [4.78, 5) is 11.8. The summed E-state index contributed by atoms with van der Waals surface area (Å²) >= 11 is 3.43. The summed E-state index contributed by atoms with van der Waals surface area (Å²) < 4.78 is 0. The summed E-state index contributed by atoms with van der Waals surface area (Å²) in [5.74, 6) is 0.995. The molecule has 1 fully saturated rings. The molecule has 0 bridgehead atoms. The third kappa shape index (κ3) is 3.56. The number of hydrogen-bond donors (Lipinski definition) is 1. The minimum atomic E-state index is 0.175. The van der Waals surface area contributed by atoms with Crippen LogP contribution in [0, 0.1) is 11.8 Å². The van der Waals surface area contributed by atoms with Crippen molar-refractivity contribution in [3.05, 3.63) is 35.4 Å². The topological polar surface area (TPSA) is 29.1 Å². The lowest BCUT2D eigenvalue weighted by atomic mass is 10.1. The summed E-state index contributed by atoms with van der Waals surface area (Å²) in [6, 6.07) is 8.28. The van der Waals surface area contributed by atoms with Crippen molar-refractivity contribution in [3.63, 3.8) is 0 Å². The molecule has 1 aliphatic carbocycles. The van der Waals surface area contributed by atoms with Crippen LogP contribution in [0.5, 0.6) is 0 Å². The van der Waals surface area contributed by atoms with Crippen molar-refractivity contribution in [2.45, 2.75) is 31.6 Å². The highest BCUT2D eigenvalue weighted by atomic mass is 79.9. The first kappa shape index (κ1) is 12.6. The Bertz CT molecular complexity index is 401. The second-order valence-corrected chi connectivity index (χ2v) is 5.36. The van der Waals surface area contributed by atoms with E-state index in [1.54, 1.807) is 0 Å². The summed E-state index contributed by atoms with van der Waals surface area (Å²) in [5.41, 5.74) is 2.41. The highest BCUT2D eigenvalue weighted by Crippen LogP contribution is 2.36. The van der Waals surface area contributed by atoms with Crippen molar-refractivity contribution >= 4 is 21.8 Å². The number of hydrogen-bond acceptors (Lipinski definition) is 1. The third-order valence-corrected chi connectivity index (χ3v) is 4.00. The van der Waals surface area contributed by atoms with Crippen molar-refractivity contribution in [2.24, 2.45) is 11.8 Å². The van der Waals surface area contributed by atoms with Gasteiger partial charge in [0.1, 0.15) is 0 Å². The van der Waals surface area contributed by atoms with Gasteiger partial charge in [-0.25, -0.2) is 0 Å². The molecule has 1 saturated carbocycles. The third-order valence-electron chi connectivity index (χ3n) is 3.36. The van der Waals surface area contributed by atoms with E-state index in [4.69, 9.17) is 0 Å². The average Bonchev–Trinajstić information content (AvgIpc) is 3.19. The van der Waals surface area contributed by atoms with Crippen molar-refractivity contribution in [3.8, 4) is 0 Å². The molecule has 1 aromatic carbocycles. The highest BCUT2D eigenvalue weighted by Gasteiger charge is 2.32. The standard InChI is InChI=1S/C14H18BrNO/c1-10(13-5-6-13)14(17)16-9-12-4-2-3-11(7-12)8-15/h2-4,7,10,13H,5-6,8-9H2,1H3,(H,16,17). The van der Waals surface area contributed by atoms with Crippen LogP contribution < -0.4 is 5.32 Å². The maximum absolute atomic E-state index is 11.8. The molecule has 0 heterocycles. The summed E-state index contributed by atoms with van der Waals surface area (Å²) in [6.07, 6.45) is 2.43. The number of alkyl halides is 1. The molecule has 1 atom stereocenters. The van der Waals surface area contributed by atoms with Gasteiger partial charge in [-0.2, -0.15) is 0 Å². The van der Waals surface area contributed by atoms with Gasteiger partial charge in [-0.1, -0.05) is 47.1 Å². The van der Waals surface area contributed by atoms with Gasteiger partial charge in [-0.15, -0.1) is 0 Å². The first-order valence-electron chi connectivity index (χ1n) is 6.12. The van der Waals surface area contributed by atoms with Crippen LogP contribution in [-0.2, 0) is 16.7 Å². The lowest BCUT2D eigenvalue weighted by molar-refractivity contribution is -0.125. The highest BCUT2D eigenvalue weighted by molar-refractivity contribution is 9.08. The SMILES string of the molecule is CC(C(=O)NCc1cccc(CBr)c1)C1CC1. The molecule has 17 heavy (non-hydrogen) atoms. The number of rotatable bonds is 5. The Balaban J connectivity index is 1.85. The average molecular weight is 296 g/mol. The molecule has 0 aliphatic heterocycles. The second-order valence-electron chi connectivity index (χ2n) is 4.80. The van der Waals surface area contributed by atoms with E-state index in [9.17, 15) is 4.79 Å². The molecule has 0 radical (unpaired) electrons. The van der Waals surface area contributed by atoms with Gasteiger partial charge in [0.2, 0.25) is 5.91 Å². The van der Waals surface area contributed by atoms with Gasteiger partial charge in [-0.05, 0) is 29.9 Å². The summed E-state index contributed by atoms with van der Waals surface area (Å²) in [6.45, 7) is 2.67. The number of benzene rings is 1. The zero-order valence-electron chi connectivity index (χ0n) is 10.1. The zero-order chi connectivity index (χ0) is 12.3. The lowest BCUT2D eigenvalue weighted by Gasteiger charge is -2.11. The van der Waals surface area contributed by atoms with E-state index in [0.29, 0.717) is 12.5 Å². The molecule has 0 spiro atoms. The molecule has 1 N–H and O–H groups in total. The fraction of sp³-hybridized carbons (Fsp3) is 0.500. The van der Waals surface area contributed by atoms with E-state index in [1.807, 2.05) is 19.1 Å². The molecule has 92 valence electrons. The maximum atomic E-state index is 11.8. The molecule has 2 nitrogen and oxygen atoms in total. The Morgan fingerprint density at radius 1 is 1.47 bits per heavy atom. The van der Waals surface area contributed by atoms with Crippen molar-refractivity contribution in [1.29, 1.82) is 0 Å².